The fourth-order valence-corrected chi connectivity index (χ4v) is 5.10. The number of nitrogens with one attached hydrogen (secondary N) is 1. The molecule has 4 rings (SSSR count). The fraction of sp³-hybridized carbons (Fsp3) is 0.400. The zero-order valence-corrected chi connectivity index (χ0v) is 16.5. The Morgan fingerprint density at radius 1 is 0.885 bits per heavy atom. The van der Waals surface area contributed by atoms with Gasteiger partial charge in [-0.2, -0.15) is 0 Å². The van der Waals surface area contributed by atoms with E-state index in [9.17, 15) is 0 Å². The zero-order chi connectivity index (χ0) is 17.6. The minimum Gasteiger partial charge on any atom is -0.356 e. The Morgan fingerprint density at radius 2 is 1.69 bits per heavy atom. The number of likely N-dealkylation sites (tertiary alicyclic amines) is 1. The number of hydrogen-bond donors (Lipinski definition) is 1. The summed E-state index contributed by atoms with van der Waals surface area (Å²) in [6.07, 6.45) is 5.45. The van der Waals surface area contributed by atoms with E-state index in [1.54, 1.807) is 11.3 Å². The van der Waals surface area contributed by atoms with Gasteiger partial charge in [-0.1, -0.05) is 54.5 Å². The summed E-state index contributed by atoms with van der Waals surface area (Å²) in [6.45, 7) is 4.32. The lowest BCUT2D eigenvalue weighted by Crippen LogP contribution is -2.23. The maximum atomic E-state index is 4.38. The first kappa shape index (κ1) is 17.6. The van der Waals surface area contributed by atoms with Gasteiger partial charge in [0.05, 0.1) is 4.88 Å². The Morgan fingerprint density at radius 3 is 2.50 bits per heavy atom. The molecule has 0 unspecified atom stereocenters. The molecule has 0 aliphatic carbocycles. The van der Waals surface area contributed by atoms with Crippen molar-refractivity contribution in [2.75, 3.05) is 18.4 Å². The highest BCUT2D eigenvalue weighted by atomic mass is 32.1. The van der Waals surface area contributed by atoms with Gasteiger partial charge in [-0.05, 0) is 43.6 Å². The molecule has 2 aromatic heterocycles. The lowest BCUT2D eigenvalue weighted by Gasteiger charge is -2.18. The normalized spacial score (nSPS) is 15.7. The van der Waals surface area contributed by atoms with Gasteiger partial charge < -0.3 is 5.32 Å². The van der Waals surface area contributed by atoms with E-state index in [1.165, 1.54) is 54.1 Å². The quantitative estimate of drug-likeness (QED) is 0.630. The van der Waals surface area contributed by atoms with Crippen LogP contribution >= 0.6 is 22.7 Å². The highest BCUT2D eigenvalue weighted by Gasteiger charge is 2.13. The first-order valence-corrected chi connectivity index (χ1v) is 10.9. The second-order valence-corrected chi connectivity index (χ2v) is 8.85. The van der Waals surface area contributed by atoms with E-state index in [-0.39, 0.29) is 0 Å². The van der Waals surface area contributed by atoms with Crippen LogP contribution in [0.4, 0.5) is 5.13 Å². The summed E-state index contributed by atoms with van der Waals surface area (Å²) in [5.74, 6) is 0. The molecule has 1 saturated heterocycles. The van der Waals surface area contributed by atoms with Crippen LogP contribution in [0.2, 0.25) is 0 Å². The van der Waals surface area contributed by atoms with Gasteiger partial charge in [-0.3, -0.25) is 4.90 Å². The summed E-state index contributed by atoms with van der Waals surface area (Å²) in [5, 5.41) is 13.9. The average Bonchev–Trinajstić information content (AvgIpc) is 3.25. The summed E-state index contributed by atoms with van der Waals surface area (Å²) in [5.41, 5.74) is 1.25. The molecule has 6 heteroatoms. The van der Waals surface area contributed by atoms with Gasteiger partial charge in [0.15, 0.2) is 5.01 Å². The molecular weight excluding hydrogens is 360 g/mol. The fourth-order valence-electron chi connectivity index (χ4n) is 3.26. The molecule has 1 aromatic carbocycles. The van der Waals surface area contributed by atoms with Gasteiger partial charge in [-0.25, -0.2) is 0 Å². The van der Waals surface area contributed by atoms with Crippen molar-refractivity contribution in [2.45, 2.75) is 38.8 Å². The molecule has 136 valence electrons. The van der Waals surface area contributed by atoms with Crippen LogP contribution in [-0.4, -0.2) is 28.2 Å². The smallest absolute Gasteiger partial charge is 0.206 e. The van der Waals surface area contributed by atoms with Crippen molar-refractivity contribution in [1.29, 1.82) is 0 Å². The largest absolute Gasteiger partial charge is 0.356 e. The maximum absolute atomic E-state index is 4.38. The minimum atomic E-state index is 0.778. The molecular formula is C20H24N4S2. The summed E-state index contributed by atoms with van der Waals surface area (Å²) in [7, 11) is 0. The number of thiophene rings is 1. The molecule has 0 atom stereocenters. The van der Waals surface area contributed by atoms with Gasteiger partial charge >= 0.3 is 0 Å². The van der Waals surface area contributed by atoms with E-state index >= 15 is 0 Å². The van der Waals surface area contributed by atoms with Gasteiger partial charge in [0.25, 0.3) is 0 Å². The van der Waals surface area contributed by atoms with Crippen molar-refractivity contribution in [2.24, 2.45) is 0 Å². The molecule has 4 nitrogen and oxygen atoms in total. The van der Waals surface area contributed by atoms with Crippen LogP contribution in [0.15, 0.2) is 42.5 Å². The van der Waals surface area contributed by atoms with E-state index in [2.05, 4.69) is 56.8 Å². The summed E-state index contributed by atoms with van der Waals surface area (Å²) < 4.78 is 0. The number of hydrogen-bond acceptors (Lipinski definition) is 6. The Hall–Kier alpha value is -1.76. The Balaban J connectivity index is 1.36. The van der Waals surface area contributed by atoms with Crippen molar-refractivity contribution in [3.8, 4) is 9.88 Å². The molecule has 0 bridgehead atoms. The van der Waals surface area contributed by atoms with E-state index in [4.69, 9.17) is 0 Å². The number of rotatable bonds is 6. The summed E-state index contributed by atoms with van der Waals surface area (Å²) in [6, 6.07) is 14.8. The molecule has 1 N–H and O–H groups in total. The van der Waals surface area contributed by atoms with E-state index in [0.717, 1.165) is 23.2 Å². The predicted molar refractivity (Wildman–Crippen MR) is 111 cm³/mol. The van der Waals surface area contributed by atoms with Crippen molar-refractivity contribution >= 4 is 27.8 Å². The summed E-state index contributed by atoms with van der Waals surface area (Å²) >= 11 is 3.48. The highest BCUT2D eigenvalue weighted by Crippen LogP contribution is 2.33. The number of aromatic nitrogens is 2. The molecule has 3 heterocycles. The van der Waals surface area contributed by atoms with Crippen LogP contribution in [-0.2, 0) is 13.1 Å². The first-order chi connectivity index (χ1) is 12.9. The van der Waals surface area contributed by atoms with Crippen LogP contribution in [0.3, 0.4) is 0 Å². The third kappa shape index (κ3) is 4.69. The van der Waals surface area contributed by atoms with Gasteiger partial charge in [0, 0.05) is 18.0 Å². The van der Waals surface area contributed by atoms with Crippen molar-refractivity contribution in [3.05, 3.63) is 52.9 Å². The minimum absolute atomic E-state index is 0.778. The average molecular weight is 385 g/mol. The lowest BCUT2D eigenvalue weighted by atomic mass is 10.2. The molecule has 0 saturated carbocycles. The Kier molecular flexibility index (Phi) is 5.94. The van der Waals surface area contributed by atoms with E-state index in [1.807, 2.05) is 17.4 Å². The Bertz CT molecular complexity index is 804. The van der Waals surface area contributed by atoms with Crippen molar-refractivity contribution in [1.82, 2.24) is 15.1 Å². The standard InChI is InChI=1S/C20H24N4S2/c1-2-7-13-24(12-6-1)15-17-10-11-18(25-17)19-22-23-20(26-19)21-14-16-8-4-3-5-9-16/h3-5,8-11H,1-2,6-7,12-15H2,(H,21,23). The molecule has 1 aliphatic rings. The van der Waals surface area contributed by atoms with Crippen LogP contribution in [0.25, 0.3) is 9.88 Å². The van der Waals surface area contributed by atoms with Gasteiger partial charge in [0.2, 0.25) is 5.13 Å². The monoisotopic (exact) mass is 384 g/mol. The topological polar surface area (TPSA) is 41.1 Å². The van der Waals surface area contributed by atoms with Crippen LogP contribution in [0.5, 0.6) is 0 Å². The molecule has 3 aromatic rings. The third-order valence-electron chi connectivity index (χ3n) is 4.66. The third-order valence-corrected chi connectivity index (χ3v) is 6.78. The molecule has 0 amide bonds. The van der Waals surface area contributed by atoms with Crippen molar-refractivity contribution < 1.29 is 0 Å². The molecule has 0 radical (unpaired) electrons. The number of nitrogens with zero attached hydrogens (tertiary/aromatic N) is 3. The van der Waals surface area contributed by atoms with Gasteiger partial charge in [-0.15, -0.1) is 21.5 Å². The molecule has 1 aliphatic heterocycles. The summed E-state index contributed by atoms with van der Waals surface area (Å²) in [4.78, 5) is 5.24. The number of benzene rings is 1. The predicted octanol–water partition coefficient (Wildman–Crippen LogP) is 5.25. The zero-order valence-electron chi connectivity index (χ0n) is 14.9. The molecule has 26 heavy (non-hydrogen) atoms. The Labute approximate surface area is 162 Å². The van der Waals surface area contributed by atoms with E-state index < -0.39 is 0 Å². The molecule has 0 spiro atoms. The van der Waals surface area contributed by atoms with Crippen LogP contribution < -0.4 is 5.32 Å². The van der Waals surface area contributed by atoms with E-state index in [0.29, 0.717) is 0 Å². The van der Waals surface area contributed by atoms with Crippen molar-refractivity contribution in [3.63, 3.8) is 0 Å². The van der Waals surface area contributed by atoms with Crippen LogP contribution in [0.1, 0.15) is 36.1 Å². The number of anilines is 1. The lowest BCUT2D eigenvalue weighted by molar-refractivity contribution is 0.279. The second kappa shape index (κ2) is 8.75. The first-order valence-electron chi connectivity index (χ1n) is 9.29. The molecule has 1 fully saturated rings. The second-order valence-electron chi connectivity index (χ2n) is 6.71. The highest BCUT2D eigenvalue weighted by molar-refractivity contribution is 7.23. The van der Waals surface area contributed by atoms with Gasteiger partial charge in [0.1, 0.15) is 0 Å². The van der Waals surface area contributed by atoms with Crippen LogP contribution in [0, 0.1) is 0 Å². The SMILES string of the molecule is c1ccc(CNc2nnc(-c3ccc(CN4CCCCCC4)s3)s2)cc1. The maximum Gasteiger partial charge on any atom is 0.206 e.